The Hall–Kier alpha value is 0.710. The molecule has 0 heterocycles. The first kappa shape index (κ1) is 16.2. The van der Waals surface area contributed by atoms with Gasteiger partial charge in [-0.25, -0.2) is 0 Å². The molecule has 0 unspecified atom stereocenters. The van der Waals surface area contributed by atoms with Crippen molar-refractivity contribution in [2.24, 2.45) is 0 Å². The van der Waals surface area contributed by atoms with Crippen molar-refractivity contribution in [1.29, 1.82) is 0 Å². The molecule has 13 heavy (non-hydrogen) atoms. The fourth-order valence-electron chi connectivity index (χ4n) is 0.710. The number of carbonyl (C=O) groups is 1. The predicted octanol–water partition coefficient (Wildman–Crippen LogP) is 2.37. The molecule has 0 aromatic rings. The number of quaternary nitrogens is 1. The number of halogens is 1. The lowest BCUT2D eigenvalue weighted by molar-refractivity contribution is -0.867. The smallest absolute Gasteiger partial charge is 0.189 e. The van der Waals surface area contributed by atoms with Crippen molar-refractivity contribution in [3.8, 4) is 0 Å². The Morgan fingerprint density at radius 1 is 1.31 bits per heavy atom. The second-order valence-corrected chi connectivity index (χ2v) is 5.14. The van der Waals surface area contributed by atoms with E-state index in [0.717, 1.165) is 29.6 Å². The number of thioether (sulfide) groups is 1. The van der Waals surface area contributed by atoms with Crippen LogP contribution in [0.25, 0.3) is 0 Å². The van der Waals surface area contributed by atoms with Crippen molar-refractivity contribution in [3.05, 3.63) is 0 Å². The Morgan fingerprint density at radius 3 is 2.23 bits per heavy atom. The van der Waals surface area contributed by atoms with E-state index in [1.807, 2.05) is 6.92 Å². The third-order valence-corrected chi connectivity index (χ3v) is 2.39. The molecule has 0 aromatic carbocycles. The highest BCUT2D eigenvalue weighted by molar-refractivity contribution is 14.0. The number of carbonyl (C=O) groups excluding carboxylic acids is 1. The van der Waals surface area contributed by atoms with Gasteiger partial charge in [0.1, 0.15) is 0 Å². The average Bonchev–Trinajstić information content (AvgIpc) is 1.84. The number of hydrogen-bond acceptors (Lipinski definition) is 2. The molecule has 0 saturated heterocycles. The van der Waals surface area contributed by atoms with Gasteiger partial charge in [-0.1, -0.05) is 18.7 Å². The summed E-state index contributed by atoms with van der Waals surface area (Å²) in [7, 11) is 6.43. The molecule has 0 aliphatic carbocycles. The van der Waals surface area contributed by atoms with Gasteiger partial charge in [-0.15, -0.1) is 24.0 Å². The third kappa shape index (κ3) is 12.7. The van der Waals surface area contributed by atoms with E-state index >= 15 is 0 Å². The van der Waals surface area contributed by atoms with Crippen molar-refractivity contribution < 1.29 is 9.28 Å². The van der Waals surface area contributed by atoms with Gasteiger partial charge in [0, 0.05) is 6.42 Å². The maximum absolute atomic E-state index is 11.1. The summed E-state index contributed by atoms with van der Waals surface area (Å²) >= 11 is 1.47. The zero-order valence-electron chi connectivity index (χ0n) is 9.00. The van der Waals surface area contributed by atoms with Gasteiger partial charge in [-0.2, -0.15) is 0 Å². The largest absolute Gasteiger partial charge is 0.330 e. The van der Waals surface area contributed by atoms with Gasteiger partial charge in [0.05, 0.1) is 33.4 Å². The van der Waals surface area contributed by atoms with Crippen LogP contribution in [0, 0.1) is 0 Å². The van der Waals surface area contributed by atoms with Gasteiger partial charge < -0.3 is 4.48 Å². The van der Waals surface area contributed by atoms with E-state index in [4.69, 9.17) is 0 Å². The highest BCUT2D eigenvalue weighted by atomic mass is 127. The van der Waals surface area contributed by atoms with E-state index in [1.165, 1.54) is 11.8 Å². The molecule has 0 saturated carbocycles. The molecule has 2 nitrogen and oxygen atoms in total. The highest BCUT2D eigenvalue weighted by Crippen LogP contribution is 2.08. The first-order chi connectivity index (χ1) is 5.45. The summed E-state index contributed by atoms with van der Waals surface area (Å²) in [6, 6.07) is 0. The van der Waals surface area contributed by atoms with Crippen LogP contribution < -0.4 is 0 Å². The van der Waals surface area contributed by atoms with Crippen molar-refractivity contribution in [2.45, 2.75) is 19.8 Å². The monoisotopic (exact) mass is 318 g/mol. The number of nitrogens with zero attached hydrogens (tertiary/aromatic N) is 1. The molecule has 0 fully saturated rings. The molecular weight excluding hydrogens is 297 g/mol. The summed E-state index contributed by atoms with van der Waals surface area (Å²) in [5, 5.41) is 0.339. The summed E-state index contributed by atoms with van der Waals surface area (Å²) in [4.78, 5) is 11.1. The number of rotatable bonds is 5. The summed E-state index contributed by atoms with van der Waals surface area (Å²) in [5.41, 5.74) is 0. The van der Waals surface area contributed by atoms with E-state index in [0.29, 0.717) is 5.12 Å². The Balaban J connectivity index is 0. The van der Waals surface area contributed by atoms with Gasteiger partial charge in [-0.05, 0) is 6.42 Å². The zero-order chi connectivity index (χ0) is 9.61. The van der Waals surface area contributed by atoms with Gasteiger partial charge in [0.2, 0.25) is 0 Å². The molecular formula is C9H21INOS+. The summed E-state index contributed by atoms with van der Waals surface area (Å²) in [6.45, 7) is 3.10. The van der Waals surface area contributed by atoms with Gasteiger partial charge in [-0.3, -0.25) is 4.79 Å². The molecule has 0 bridgehead atoms. The van der Waals surface area contributed by atoms with E-state index in [-0.39, 0.29) is 24.0 Å². The molecule has 4 heteroatoms. The lowest BCUT2D eigenvalue weighted by Crippen LogP contribution is -2.36. The Bertz CT molecular complexity index is 145. The minimum absolute atomic E-state index is 0. The maximum atomic E-state index is 11.1. The molecule has 0 aliphatic heterocycles. The lowest BCUT2D eigenvalue weighted by atomic mass is 10.4. The van der Waals surface area contributed by atoms with Crippen molar-refractivity contribution in [2.75, 3.05) is 33.4 Å². The summed E-state index contributed by atoms with van der Waals surface area (Å²) in [6.07, 6.45) is 1.69. The van der Waals surface area contributed by atoms with Crippen LogP contribution in [0.2, 0.25) is 0 Å². The van der Waals surface area contributed by atoms with E-state index in [1.54, 1.807) is 0 Å². The predicted molar refractivity (Wildman–Crippen MR) is 70.7 cm³/mol. The summed E-state index contributed by atoms with van der Waals surface area (Å²) in [5.74, 6) is 0.947. The third-order valence-electron chi connectivity index (χ3n) is 1.48. The zero-order valence-corrected chi connectivity index (χ0v) is 12.1. The Kier molecular flexibility index (Phi) is 10.0. The van der Waals surface area contributed by atoms with Crippen LogP contribution in [0.3, 0.4) is 0 Å². The molecule has 0 radical (unpaired) electrons. The molecule has 0 spiro atoms. The van der Waals surface area contributed by atoms with Gasteiger partial charge in [0.25, 0.3) is 0 Å². The minimum atomic E-state index is 0. The Morgan fingerprint density at radius 2 is 1.85 bits per heavy atom. The Labute approximate surface area is 103 Å². The SMILES string of the molecule is CCCC(=O)SCC[N+](C)(C)C.I. The average molecular weight is 318 g/mol. The number of hydrogen-bond donors (Lipinski definition) is 0. The minimum Gasteiger partial charge on any atom is -0.330 e. The van der Waals surface area contributed by atoms with Crippen LogP contribution in [0.5, 0.6) is 0 Å². The fraction of sp³-hybridized carbons (Fsp3) is 0.889. The van der Waals surface area contributed by atoms with Crippen LogP contribution in [0.4, 0.5) is 0 Å². The van der Waals surface area contributed by atoms with Crippen LogP contribution in [0.1, 0.15) is 19.8 Å². The van der Waals surface area contributed by atoms with E-state index in [9.17, 15) is 4.79 Å². The molecule has 80 valence electrons. The topological polar surface area (TPSA) is 17.1 Å². The van der Waals surface area contributed by atoms with Crippen molar-refractivity contribution in [3.63, 3.8) is 0 Å². The fourth-order valence-corrected chi connectivity index (χ4v) is 1.92. The molecule has 0 rings (SSSR count). The van der Waals surface area contributed by atoms with E-state index in [2.05, 4.69) is 21.1 Å². The molecule has 0 amide bonds. The summed E-state index contributed by atoms with van der Waals surface area (Å²) < 4.78 is 0.937. The van der Waals surface area contributed by atoms with Crippen molar-refractivity contribution in [1.82, 2.24) is 0 Å². The van der Waals surface area contributed by atoms with Crippen LogP contribution in [-0.2, 0) is 4.79 Å². The first-order valence-corrected chi connectivity index (χ1v) is 5.40. The second-order valence-electron chi connectivity index (χ2n) is 3.98. The molecule has 0 aliphatic rings. The lowest BCUT2D eigenvalue weighted by Gasteiger charge is -2.23. The van der Waals surface area contributed by atoms with Gasteiger partial charge >= 0.3 is 0 Å². The highest BCUT2D eigenvalue weighted by Gasteiger charge is 2.08. The molecule has 0 N–H and O–H groups in total. The standard InChI is InChI=1S/C9H20NOS.HI/c1-5-6-9(11)12-8-7-10(2,3)4;/h5-8H2,1-4H3;1H/q+1;. The first-order valence-electron chi connectivity index (χ1n) is 4.42. The molecule has 0 aromatic heterocycles. The van der Waals surface area contributed by atoms with Gasteiger partial charge in [0.15, 0.2) is 5.12 Å². The second kappa shape index (κ2) is 8.05. The van der Waals surface area contributed by atoms with Crippen molar-refractivity contribution >= 4 is 40.9 Å². The van der Waals surface area contributed by atoms with Crippen LogP contribution >= 0.6 is 35.7 Å². The van der Waals surface area contributed by atoms with Crippen LogP contribution in [0.15, 0.2) is 0 Å². The normalized spacial score (nSPS) is 10.8. The quantitative estimate of drug-likeness (QED) is 0.572. The van der Waals surface area contributed by atoms with E-state index < -0.39 is 0 Å². The van der Waals surface area contributed by atoms with Crippen LogP contribution in [-0.4, -0.2) is 43.0 Å². The maximum Gasteiger partial charge on any atom is 0.189 e. The molecule has 0 atom stereocenters.